The lowest BCUT2D eigenvalue weighted by atomic mass is 9.91. The van der Waals surface area contributed by atoms with Gasteiger partial charge < -0.3 is 9.64 Å². The predicted octanol–water partition coefficient (Wildman–Crippen LogP) is 3.22. The third kappa shape index (κ3) is 3.46. The molecule has 1 atom stereocenters. The Hall–Kier alpha value is -2.53. The van der Waals surface area contributed by atoms with Gasteiger partial charge in [-0.25, -0.2) is 0 Å². The minimum atomic E-state index is -0.855. The third-order valence-electron chi connectivity index (χ3n) is 4.50. The maximum atomic E-state index is 12.6. The minimum absolute atomic E-state index is 0.107. The molecule has 2 N–H and O–H groups in total. The lowest BCUT2D eigenvalue weighted by Gasteiger charge is -2.33. The maximum absolute atomic E-state index is 12.6. The molecule has 25 heavy (non-hydrogen) atoms. The highest BCUT2D eigenvalue weighted by molar-refractivity contribution is 6.30. The molecule has 2 aromatic rings. The largest absolute Gasteiger partial charge is 0.497 e. The first kappa shape index (κ1) is 17.3. The number of methoxy groups -OCH3 is 1. The van der Waals surface area contributed by atoms with Crippen molar-refractivity contribution in [3.63, 3.8) is 0 Å². The number of carbonyl (C=O) groups is 1. The van der Waals surface area contributed by atoms with Crippen LogP contribution in [0.15, 0.2) is 48.5 Å². The van der Waals surface area contributed by atoms with Crippen LogP contribution in [-0.2, 0) is 17.8 Å². The zero-order chi connectivity index (χ0) is 18.0. The number of amides is 1. The van der Waals surface area contributed by atoms with Gasteiger partial charge in [0.2, 0.25) is 0 Å². The van der Waals surface area contributed by atoms with Gasteiger partial charge in [0.15, 0.2) is 5.96 Å². The molecular formula is C19H20ClN3O2. The Bertz CT molecular complexity index is 824. The van der Waals surface area contributed by atoms with Crippen LogP contribution >= 0.6 is 11.6 Å². The molecule has 6 heteroatoms. The first-order valence-electron chi connectivity index (χ1n) is 7.97. The molecular weight excluding hydrogens is 338 g/mol. The second-order valence-corrected chi connectivity index (χ2v) is 6.76. The van der Waals surface area contributed by atoms with Gasteiger partial charge in [0, 0.05) is 18.0 Å². The fourth-order valence-electron chi connectivity index (χ4n) is 3.11. The number of benzene rings is 2. The van der Waals surface area contributed by atoms with E-state index in [1.807, 2.05) is 49.4 Å². The van der Waals surface area contributed by atoms with E-state index in [-0.39, 0.29) is 11.9 Å². The molecule has 1 heterocycles. The molecule has 5 nitrogen and oxygen atoms in total. The van der Waals surface area contributed by atoms with E-state index in [1.165, 1.54) is 0 Å². The Kier molecular flexibility index (Phi) is 4.68. The number of hydrogen-bond acceptors (Lipinski definition) is 3. The molecule has 0 saturated carbocycles. The second-order valence-electron chi connectivity index (χ2n) is 6.32. The monoisotopic (exact) mass is 357 g/mol. The van der Waals surface area contributed by atoms with Crippen molar-refractivity contribution in [1.29, 1.82) is 5.41 Å². The van der Waals surface area contributed by atoms with Crippen LogP contribution in [0.5, 0.6) is 5.75 Å². The number of nitrogens with zero attached hydrogens (tertiary/aromatic N) is 1. The van der Waals surface area contributed by atoms with Crippen molar-refractivity contribution in [1.82, 2.24) is 10.2 Å². The zero-order valence-electron chi connectivity index (χ0n) is 14.2. The highest BCUT2D eigenvalue weighted by atomic mass is 35.5. The lowest BCUT2D eigenvalue weighted by molar-refractivity contribution is -0.126. The summed E-state index contributed by atoms with van der Waals surface area (Å²) in [5, 5.41) is 11.5. The van der Waals surface area contributed by atoms with Crippen LogP contribution in [0.4, 0.5) is 0 Å². The molecule has 2 aromatic carbocycles. The highest BCUT2D eigenvalue weighted by Gasteiger charge is 2.47. The fraction of sp³-hybridized carbons (Fsp3) is 0.263. The summed E-state index contributed by atoms with van der Waals surface area (Å²) in [7, 11) is 1.62. The summed E-state index contributed by atoms with van der Waals surface area (Å²) in [6.07, 6.45) is 0.471. The minimum Gasteiger partial charge on any atom is -0.497 e. The smallest absolute Gasteiger partial charge is 0.252 e. The van der Waals surface area contributed by atoms with Gasteiger partial charge in [-0.3, -0.25) is 15.5 Å². The standard InChI is InChI=1S/C19H20ClN3O2/c1-19(11-13-5-4-8-16(10-13)25-2)17(24)22-18(21)23(19)12-14-6-3-7-15(20)9-14/h3-10H,11-12H2,1-2H3,(H2,21,22,24). The van der Waals surface area contributed by atoms with E-state index < -0.39 is 5.54 Å². The molecule has 0 aromatic heterocycles. The molecule has 130 valence electrons. The Labute approximate surface area is 152 Å². The zero-order valence-corrected chi connectivity index (χ0v) is 14.9. The van der Waals surface area contributed by atoms with Crippen molar-refractivity contribution in [2.24, 2.45) is 0 Å². The number of ether oxygens (including phenoxy) is 1. The van der Waals surface area contributed by atoms with Crippen LogP contribution in [-0.4, -0.2) is 29.4 Å². The van der Waals surface area contributed by atoms with Gasteiger partial charge in [0.25, 0.3) is 5.91 Å². The molecule has 1 saturated heterocycles. The van der Waals surface area contributed by atoms with Gasteiger partial charge in [0.05, 0.1) is 7.11 Å². The summed E-state index contributed by atoms with van der Waals surface area (Å²) in [5.41, 5.74) is 1.07. The molecule has 0 bridgehead atoms. The average Bonchev–Trinajstić information content (AvgIpc) is 2.78. The Morgan fingerprint density at radius 3 is 2.64 bits per heavy atom. The predicted molar refractivity (Wildman–Crippen MR) is 98.0 cm³/mol. The molecule has 0 aliphatic carbocycles. The van der Waals surface area contributed by atoms with Crippen LogP contribution in [0.2, 0.25) is 5.02 Å². The van der Waals surface area contributed by atoms with Gasteiger partial charge in [-0.2, -0.15) is 0 Å². The van der Waals surface area contributed by atoms with E-state index in [9.17, 15) is 4.79 Å². The van der Waals surface area contributed by atoms with Gasteiger partial charge in [-0.1, -0.05) is 35.9 Å². The number of nitrogens with one attached hydrogen (secondary N) is 2. The highest BCUT2D eigenvalue weighted by Crippen LogP contribution is 2.29. The average molecular weight is 358 g/mol. The molecule has 1 fully saturated rings. The molecule has 0 spiro atoms. The van der Waals surface area contributed by atoms with E-state index in [0.717, 1.165) is 16.9 Å². The van der Waals surface area contributed by atoms with E-state index in [4.69, 9.17) is 21.7 Å². The van der Waals surface area contributed by atoms with Crippen LogP contribution in [0.1, 0.15) is 18.1 Å². The van der Waals surface area contributed by atoms with Crippen LogP contribution in [0, 0.1) is 5.41 Å². The van der Waals surface area contributed by atoms with E-state index in [1.54, 1.807) is 18.1 Å². The van der Waals surface area contributed by atoms with Crippen LogP contribution in [0.3, 0.4) is 0 Å². The van der Waals surface area contributed by atoms with E-state index in [2.05, 4.69) is 5.32 Å². The van der Waals surface area contributed by atoms with Crippen molar-refractivity contribution in [3.8, 4) is 5.75 Å². The van der Waals surface area contributed by atoms with E-state index >= 15 is 0 Å². The Morgan fingerprint density at radius 1 is 1.20 bits per heavy atom. The van der Waals surface area contributed by atoms with Crippen molar-refractivity contribution >= 4 is 23.5 Å². The summed E-state index contributed by atoms with van der Waals surface area (Å²) in [5.74, 6) is 0.675. The van der Waals surface area contributed by atoms with Crippen molar-refractivity contribution < 1.29 is 9.53 Å². The summed E-state index contributed by atoms with van der Waals surface area (Å²) in [4.78, 5) is 14.4. The van der Waals surface area contributed by atoms with Gasteiger partial charge in [-0.15, -0.1) is 0 Å². The number of rotatable bonds is 5. The molecule has 1 amide bonds. The van der Waals surface area contributed by atoms with Crippen molar-refractivity contribution in [2.75, 3.05) is 7.11 Å². The molecule has 1 aliphatic heterocycles. The van der Waals surface area contributed by atoms with Crippen molar-refractivity contribution in [2.45, 2.75) is 25.4 Å². The third-order valence-corrected chi connectivity index (χ3v) is 4.73. The summed E-state index contributed by atoms with van der Waals surface area (Å²) in [6.45, 7) is 2.28. The molecule has 0 radical (unpaired) electrons. The van der Waals surface area contributed by atoms with Gasteiger partial charge >= 0.3 is 0 Å². The van der Waals surface area contributed by atoms with Crippen LogP contribution < -0.4 is 10.1 Å². The second kappa shape index (κ2) is 6.76. The number of carbonyl (C=O) groups excluding carboxylic acids is 1. The fourth-order valence-corrected chi connectivity index (χ4v) is 3.32. The SMILES string of the molecule is COc1cccc(CC2(C)C(=O)NC(=N)N2Cc2cccc(Cl)c2)c1. The number of guanidine groups is 1. The molecule has 1 unspecified atom stereocenters. The summed E-state index contributed by atoms with van der Waals surface area (Å²) >= 11 is 6.06. The summed E-state index contributed by atoms with van der Waals surface area (Å²) < 4.78 is 5.26. The van der Waals surface area contributed by atoms with E-state index in [0.29, 0.717) is 18.0 Å². The normalized spacial score (nSPS) is 19.9. The lowest BCUT2D eigenvalue weighted by Crippen LogP contribution is -2.48. The van der Waals surface area contributed by atoms with Gasteiger partial charge in [0.1, 0.15) is 11.3 Å². The molecule has 3 rings (SSSR count). The van der Waals surface area contributed by atoms with Gasteiger partial charge in [-0.05, 0) is 42.3 Å². The quantitative estimate of drug-likeness (QED) is 0.863. The first-order valence-corrected chi connectivity index (χ1v) is 8.35. The maximum Gasteiger partial charge on any atom is 0.252 e. The van der Waals surface area contributed by atoms with Crippen LogP contribution in [0.25, 0.3) is 0 Å². The number of hydrogen-bond donors (Lipinski definition) is 2. The molecule has 1 aliphatic rings. The first-order chi connectivity index (χ1) is 11.9. The topological polar surface area (TPSA) is 65.4 Å². The Morgan fingerprint density at radius 2 is 1.92 bits per heavy atom. The number of halogens is 1. The summed E-state index contributed by atoms with van der Waals surface area (Å²) in [6, 6.07) is 15.1. The Balaban J connectivity index is 1.89. The van der Waals surface area contributed by atoms with Crippen molar-refractivity contribution in [3.05, 3.63) is 64.7 Å².